The molecule has 0 fully saturated rings. The van der Waals surface area contributed by atoms with Gasteiger partial charge in [0.2, 0.25) is 11.7 Å². The zero-order chi connectivity index (χ0) is 22.8. The minimum Gasteiger partial charge on any atom is -0.508 e. The van der Waals surface area contributed by atoms with Crippen molar-refractivity contribution in [3.05, 3.63) is 48.0 Å². The number of rotatable bonds is 11. The van der Waals surface area contributed by atoms with Crippen molar-refractivity contribution < 1.29 is 24.5 Å². The smallest absolute Gasteiger partial charge is 0.248 e. The number of carbonyl (C=O) groups excluding carboxylic acids is 1. The standard InChI is InChI=1S/C25H33NO5/c1-5-20(6-2)30-22-14-17(15-23(25(22)29)31-21(7-3)8-4)12-13-24(28)26-18-10-9-11-19(27)16-18/h9-16,20-21,27,29H,5-8H2,1-4H3,(H,26,28)/b13-12+. The maximum atomic E-state index is 12.3. The summed E-state index contributed by atoms with van der Waals surface area (Å²) in [6, 6.07) is 9.74. The van der Waals surface area contributed by atoms with Gasteiger partial charge in [0, 0.05) is 17.8 Å². The molecule has 0 heterocycles. The normalized spacial score (nSPS) is 11.3. The lowest BCUT2D eigenvalue weighted by molar-refractivity contribution is -0.111. The molecular weight excluding hydrogens is 394 g/mol. The molecule has 0 saturated carbocycles. The summed E-state index contributed by atoms with van der Waals surface area (Å²) < 4.78 is 12.0. The predicted molar refractivity (Wildman–Crippen MR) is 124 cm³/mol. The summed E-state index contributed by atoms with van der Waals surface area (Å²) in [6.45, 7) is 8.12. The Balaban J connectivity index is 2.28. The minimum atomic E-state index is -0.344. The number of phenolic OH excluding ortho intramolecular Hbond substituents is 2. The molecule has 3 N–H and O–H groups in total. The molecule has 0 spiro atoms. The van der Waals surface area contributed by atoms with Crippen LogP contribution in [0.4, 0.5) is 5.69 Å². The van der Waals surface area contributed by atoms with Gasteiger partial charge < -0.3 is 25.0 Å². The Morgan fingerprint density at radius 3 is 1.97 bits per heavy atom. The fourth-order valence-electron chi connectivity index (χ4n) is 3.09. The Morgan fingerprint density at radius 2 is 1.48 bits per heavy atom. The predicted octanol–water partition coefficient (Wildman–Crippen LogP) is 5.88. The summed E-state index contributed by atoms with van der Waals surface area (Å²) in [7, 11) is 0. The van der Waals surface area contributed by atoms with Gasteiger partial charge in [0.25, 0.3) is 0 Å². The van der Waals surface area contributed by atoms with Gasteiger partial charge in [0.05, 0.1) is 12.2 Å². The van der Waals surface area contributed by atoms with Crippen LogP contribution in [0, 0.1) is 0 Å². The highest BCUT2D eigenvalue weighted by atomic mass is 16.5. The molecule has 168 valence electrons. The summed E-state index contributed by atoms with van der Waals surface area (Å²) in [6.07, 6.45) is 6.21. The molecule has 2 aromatic carbocycles. The lowest BCUT2D eigenvalue weighted by Gasteiger charge is -2.21. The monoisotopic (exact) mass is 427 g/mol. The van der Waals surface area contributed by atoms with E-state index in [1.54, 1.807) is 30.3 Å². The molecule has 0 saturated heterocycles. The van der Waals surface area contributed by atoms with Crippen LogP contribution in [0.25, 0.3) is 6.08 Å². The van der Waals surface area contributed by atoms with Crippen LogP contribution in [0.5, 0.6) is 23.0 Å². The molecule has 1 amide bonds. The van der Waals surface area contributed by atoms with Crippen molar-refractivity contribution in [1.82, 2.24) is 0 Å². The fraction of sp³-hybridized carbons (Fsp3) is 0.400. The maximum Gasteiger partial charge on any atom is 0.248 e. The highest BCUT2D eigenvalue weighted by molar-refractivity contribution is 6.02. The number of carbonyl (C=O) groups is 1. The van der Waals surface area contributed by atoms with Gasteiger partial charge in [-0.2, -0.15) is 0 Å². The Hall–Kier alpha value is -3.15. The van der Waals surface area contributed by atoms with Gasteiger partial charge in [-0.1, -0.05) is 33.8 Å². The van der Waals surface area contributed by atoms with Crippen molar-refractivity contribution in [2.45, 2.75) is 65.6 Å². The van der Waals surface area contributed by atoms with Crippen molar-refractivity contribution in [2.24, 2.45) is 0 Å². The van der Waals surface area contributed by atoms with Crippen molar-refractivity contribution >= 4 is 17.7 Å². The van der Waals surface area contributed by atoms with Crippen LogP contribution in [-0.4, -0.2) is 28.3 Å². The van der Waals surface area contributed by atoms with E-state index in [-0.39, 0.29) is 29.6 Å². The summed E-state index contributed by atoms with van der Waals surface area (Å²) >= 11 is 0. The van der Waals surface area contributed by atoms with Gasteiger partial charge >= 0.3 is 0 Å². The van der Waals surface area contributed by atoms with Crippen LogP contribution in [0.1, 0.15) is 58.9 Å². The average Bonchev–Trinajstić information content (AvgIpc) is 2.76. The molecule has 6 nitrogen and oxygen atoms in total. The summed E-state index contributed by atoms with van der Waals surface area (Å²) in [4.78, 5) is 12.3. The first-order valence-corrected chi connectivity index (χ1v) is 10.9. The van der Waals surface area contributed by atoms with E-state index in [0.29, 0.717) is 22.7 Å². The molecule has 31 heavy (non-hydrogen) atoms. The molecular formula is C25H33NO5. The lowest BCUT2D eigenvalue weighted by atomic mass is 10.1. The van der Waals surface area contributed by atoms with E-state index in [0.717, 1.165) is 25.7 Å². The summed E-state index contributed by atoms with van der Waals surface area (Å²) in [5.41, 5.74) is 1.17. The third kappa shape index (κ3) is 7.24. The van der Waals surface area contributed by atoms with E-state index >= 15 is 0 Å². The number of aromatic hydroxyl groups is 2. The second-order valence-electron chi connectivity index (χ2n) is 7.35. The second kappa shape index (κ2) is 11.9. The Labute approximate surface area is 184 Å². The van der Waals surface area contributed by atoms with Crippen molar-refractivity contribution in [2.75, 3.05) is 5.32 Å². The molecule has 0 aromatic heterocycles. The van der Waals surface area contributed by atoms with Gasteiger partial charge in [0.1, 0.15) is 5.75 Å². The molecule has 0 unspecified atom stereocenters. The number of hydrogen-bond acceptors (Lipinski definition) is 5. The third-order valence-electron chi connectivity index (χ3n) is 5.01. The first-order valence-electron chi connectivity index (χ1n) is 10.9. The van der Waals surface area contributed by atoms with Crippen LogP contribution in [0.15, 0.2) is 42.5 Å². The van der Waals surface area contributed by atoms with Crippen LogP contribution >= 0.6 is 0 Å². The molecule has 2 rings (SSSR count). The maximum absolute atomic E-state index is 12.3. The molecule has 0 atom stereocenters. The number of ether oxygens (including phenoxy) is 2. The van der Waals surface area contributed by atoms with E-state index in [2.05, 4.69) is 5.32 Å². The second-order valence-corrected chi connectivity index (χ2v) is 7.35. The lowest BCUT2D eigenvalue weighted by Crippen LogP contribution is -2.16. The van der Waals surface area contributed by atoms with Crippen LogP contribution in [-0.2, 0) is 4.79 Å². The molecule has 2 aromatic rings. The van der Waals surface area contributed by atoms with E-state index in [1.165, 1.54) is 18.2 Å². The third-order valence-corrected chi connectivity index (χ3v) is 5.01. The number of nitrogens with one attached hydrogen (secondary N) is 1. The average molecular weight is 428 g/mol. The zero-order valence-electron chi connectivity index (χ0n) is 18.7. The Bertz CT molecular complexity index is 850. The molecule has 0 aliphatic rings. The van der Waals surface area contributed by atoms with Crippen LogP contribution < -0.4 is 14.8 Å². The SMILES string of the molecule is CCC(CC)Oc1cc(/C=C/C(=O)Nc2cccc(O)c2)cc(OC(CC)CC)c1O. The summed E-state index contributed by atoms with van der Waals surface area (Å²) in [5, 5.41) is 22.9. The van der Waals surface area contributed by atoms with E-state index in [4.69, 9.17) is 9.47 Å². The largest absolute Gasteiger partial charge is 0.508 e. The highest BCUT2D eigenvalue weighted by Gasteiger charge is 2.17. The molecule has 0 bridgehead atoms. The quantitative estimate of drug-likeness (QED) is 0.390. The number of hydrogen-bond donors (Lipinski definition) is 3. The Morgan fingerprint density at radius 1 is 0.935 bits per heavy atom. The topological polar surface area (TPSA) is 88.0 Å². The van der Waals surface area contributed by atoms with Gasteiger partial charge in [-0.05, 0) is 61.6 Å². The highest BCUT2D eigenvalue weighted by Crippen LogP contribution is 2.40. The summed E-state index contributed by atoms with van der Waals surface area (Å²) in [5.74, 6) is 0.380. The number of benzene rings is 2. The van der Waals surface area contributed by atoms with Gasteiger partial charge in [-0.3, -0.25) is 4.79 Å². The number of amides is 1. The van der Waals surface area contributed by atoms with Gasteiger partial charge in [-0.15, -0.1) is 0 Å². The number of anilines is 1. The number of phenols is 2. The molecule has 0 aliphatic carbocycles. The molecule has 0 radical (unpaired) electrons. The zero-order valence-corrected chi connectivity index (χ0v) is 18.7. The first kappa shape index (κ1) is 24.1. The van der Waals surface area contributed by atoms with E-state index in [1.807, 2.05) is 27.7 Å². The van der Waals surface area contributed by atoms with E-state index < -0.39 is 0 Å². The Kier molecular flexibility index (Phi) is 9.25. The van der Waals surface area contributed by atoms with Crippen LogP contribution in [0.3, 0.4) is 0 Å². The van der Waals surface area contributed by atoms with Crippen LogP contribution in [0.2, 0.25) is 0 Å². The van der Waals surface area contributed by atoms with Crippen molar-refractivity contribution in [3.8, 4) is 23.0 Å². The van der Waals surface area contributed by atoms with Crippen molar-refractivity contribution in [3.63, 3.8) is 0 Å². The molecule has 0 aliphatic heterocycles. The molecule has 6 heteroatoms. The van der Waals surface area contributed by atoms with E-state index in [9.17, 15) is 15.0 Å². The first-order chi connectivity index (χ1) is 14.9. The van der Waals surface area contributed by atoms with Crippen molar-refractivity contribution in [1.29, 1.82) is 0 Å². The van der Waals surface area contributed by atoms with Gasteiger partial charge in [-0.25, -0.2) is 0 Å². The van der Waals surface area contributed by atoms with Gasteiger partial charge in [0.15, 0.2) is 11.5 Å². The minimum absolute atomic E-state index is 0.0276. The fourth-order valence-corrected chi connectivity index (χ4v) is 3.09.